The largest absolute Gasteiger partial charge is 0.508 e. The number of aromatic hydroxyl groups is 1. The van der Waals surface area contributed by atoms with Crippen molar-refractivity contribution >= 4 is 0 Å². The van der Waals surface area contributed by atoms with Gasteiger partial charge in [0, 0.05) is 12.5 Å². The first-order chi connectivity index (χ1) is 10.1. The van der Waals surface area contributed by atoms with Crippen molar-refractivity contribution in [3.8, 4) is 5.75 Å². The summed E-state index contributed by atoms with van der Waals surface area (Å²) in [5.41, 5.74) is 2.62. The van der Waals surface area contributed by atoms with Crippen molar-refractivity contribution in [2.75, 3.05) is 13.1 Å². The zero-order valence-corrected chi connectivity index (χ0v) is 12.9. The Kier molecular flexibility index (Phi) is 5.82. The average Bonchev–Trinajstić information content (AvgIpc) is 2.49. The van der Waals surface area contributed by atoms with Gasteiger partial charge in [0.25, 0.3) is 0 Å². The minimum Gasteiger partial charge on any atom is -0.508 e. The van der Waals surface area contributed by atoms with Crippen LogP contribution in [0, 0.1) is 5.92 Å². The summed E-state index contributed by atoms with van der Waals surface area (Å²) in [7, 11) is 0. The molecule has 0 aliphatic carbocycles. The molecular weight excluding hydrogens is 258 g/mol. The van der Waals surface area contributed by atoms with Crippen LogP contribution in [0.2, 0.25) is 0 Å². The highest BCUT2D eigenvalue weighted by Gasteiger charge is 2.12. The molecule has 2 nitrogen and oxygen atoms in total. The van der Waals surface area contributed by atoms with Gasteiger partial charge in [0.2, 0.25) is 0 Å². The second-order valence-corrected chi connectivity index (χ2v) is 6.03. The van der Waals surface area contributed by atoms with Gasteiger partial charge in [0.05, 0.1) is 0 Å². The van der Waals surface area contributed by atoms with Gasteiger partial charge in [-0.25, -0.2) is 0 Å². The maximum absolute atomic E-state index is 9.40. The summed E-state index contributed by atoms with van der Waals surface area (Å²) < 4.78 is 0. The highest BCUT2D eigenvalue weighted by atomic mass is 16.3. The van der Waals surface area contributed by atoms with Gasteiger partial charge >= 0.3 is 0 Å². The third-order valence-corrected chi connectivity index (χ3v) is 3.63. The summed E-state index contributed by atoms with van der Waals surface area (Å²) >= 11 is 0. The predicted octanol–water partition coefficient (Wildman–Crippen LogP) is 3.96. The highest BCUT2D eigenvalue weighted by Crippen LogP contribution is 2.21. The van der Waals surface area contributed by atoms with E-state index in [1.807, 2.05) is 12.1 Å². The molecule has 0 aromatic heterocycles. The Hall–Kier alpha value is -1.80. The standard InChI is InChI=1S/C19H25NO/c1-15(2)13-20-14-18(17-6-4-3-5-7-17)12-16-8-10-19(21)11-9-16/h3-11,15,18,20-21H,12-14H2,1-2H3. The fraction of sp³-hybridized carbons (Fsp3) is 0.368. The Balaban J connectivity index is 2.06. The van der Waals surface area contributed by atoms with Crippen molar-refractivity contribution in [1.29, 1.82) is 0 Å². The number of phenols is 1. The van der Waals surface area contributed by atoms with Crippen LogP contribution in [0.4, 0.5) is 0 Å². The molecule has 0 bridgehead atoms. The van der Waals surface area contributed by atoms with E-state index in [0.29, 0.717) is 17.6 Å². The van der Waals surface area contributed by atoms with Gasteiger partial charge in [-0.2, -0.15) is 0 Å². The van der Waals surface area contributed by atoms with Crippen molar-refractivity contribution in [2.45, 2.75) is 26.2 Å². The molecule has 0 saturated carbocycles. The molecule has 2 heteroatoms. The summed E-state index contributed by atoms with van der Waals surface area (Å²) in [4.78, 5) is 0. The average molecular weight is 283 g/mol. The molecular formula is C19H25NO. The molecule has 1 atom stereocenters. The van der Waals surface area contributed by atoms with Gasteiger partial charge < -0.3 is 10.4 Å². The molecule has 0 saturated heterocycles. The van der Waals surface area contributed by atoms with Crippen LogP contribution < -0.4 is 5.32 Å². The summed E-state index contributed by atoms with van der Waals surface area (Å²) in [5.74, 6) is 1.44. The van der Waals surface area contributed by atoms with Crippen molar-refractivity contribution in [2.24, 2.45) is 5.92 Å². The van der Waals surface area contributed by atoms with E-state index in [4.69, 9.17) is 0 Å². The molecule has 2 aromatic carbocycles. The Bertz CT molecular complexity index is 519. The van der Waals surface area contributed by atoms with E-state index in [0.717, 1.165) is 19.5 Å². The number of hydrogen-bond acceptors (Lipinski definition) is 2. The number of nitrogens with one attached hydrogen (secondary N) is 1. The molecule has 0 heterocycles. The van der Waals surface area contributed by atoms with Crippen LogP contribution in [0.3, 0.4) is 0 Å². The van der Waals surface area contributed by atoms with E-state index < -0.39 is 0 Å². The van der Waals surface area contributed by atoms with Crippen LogP contribution in [-0.2, 0) is 6.42 Å². The number of rotatable bonds is 7. The Morgan fingerprint density at radius 2 is 1.57 bits per heavy atom. The summed E-state index contributed by atoms with van der Waals surface area (Å²) in [6.45, 7) is 6.47. The minimum absolute atomic E-state index is 0.327. The molecule has 0 amide bonds. The number of hydrogen-bond donors (Lipinski definition) is 2. The van der Waals surface area contributed by atoms with E-state index in [1.54, 1.807) is 12.1 Å². The van der Waals surface area contributed by atoms with E-state index in [-0.39, 0.29) is 0 Å². The first kappa shape index (κ1) is 15.6. The fourth-order valence-corrected chi connectivity index (χ4v) is 2.50. The zero-order chi connectivity index (χ0) is 15.1. The highest BCUT2D eigenvalue weighted by molar-refractivity contribution is 5.29. The van der Waals surface area contributed by atoms with Crippen molar-refractivity contribution in [1.82, 2.24) is 5.32 Å². The third-order valence-electron chi connectivity index (χ3n) is 3.63. The van der Waals surface area contributed by atoms with E-state index >= 15 is 0 Å². The SMILES string of the molecule is CC(C)CNCC(Cc1ccc(O)cc1)c1ccccc1. The normalized spacial score (nSPS) is 12.5. The molecule has 0 fully saturated rings. The summed E-state index contributed by atoms with van der Waals surface area (Å²) in [6.07, 6.45) is 0.982. The third kappa shape index (κ3) is 5.24. The molecule has 0 aliphatic heterocycles. The first-order valence-electron chi connectivity index (χ1n) is 7.68. The lowest BCUT2D eigenvalue weighted by Crippen LogP contribution is -2.26. The van der Waals surface area contributed by atoms with Gasteiger partial charge in [-0.1, -0.05) is 56.3 Å². The lowest BCUT2D eigenvalue weighted by Gasteiger charge is -2.19. The maximum Gasteiger partial charge on any atom is 0.115 e. The molecule has 112 valence electrons. The summed E-state index contributed by atoms with van der Waals surface area (Å²) in [6, 6.07) is 18.2. The number of benzene rings is 2. The molecule has 0 aliphatic rings. The molecule has 2 aromatic rings. The lowest BCUT2D eigenvalue weighted by atomic mass is 9.91. The van der Waals surface area contributed by atoms with Crippen molar-refractivity contribution in [3.63, 3.8) is 0 Å². The molecule has 0 radical (unpaired) electrons. The Morgan fingerprint density at radius 1 is 0.905 bits per heavy atom. The van der Waals surface area contributed by atoms with Crippen molar-refractivity contribution in [3.05, 3.63) is 65.7 Å². The molecule has 21 heavy (non-hydrogen) atoms. The second-order valence-electron chi connectivity index (χ2n) is 6.03. The van der Waals surface area contributed by atoms with Gasteiger partial charge in [-0.15, -0.1) is 0 Å². The smallest absolute Gasteiger partial charge is 0.115 e. The lowest BCUT2D eigenvalue weighted by molar-refractivity contribution is 0.474. The quantitative estimate of drug-likeness (QED) is 0.806. The van der Waals surface area contributed by atoms with Crippen molar-refractivity contribution < 1.29 is 5.11 Å². The van der Waals surface area contributed by atoms with Gasteiger partial charge in [-0.05, 0) is 42.1 Å². The zero-order valence-electron chi connectivity index (χ0n) is 12.9. The monoisotopic (exact) mass is 283 g/mol. The predicted molar refractivity (Wildman–Crippen MR) is 88.7 cm³/mol. The van der Waals surface area contributed by atoms with Crippen LogP contribution in [-0.4, -0.2) is 18.2 Å². The van der Waals surface area contributed by atoms with Crippen LogP contribution in [0.15, 0.2) is 54.6 Å². The number of phenolic OH excluding ortho intramolecular Hbond substituents is 1. The van der Waals surface area contributed by atoms with Crippen LogP contribution in [0.25, 0.3) is 0 Å². The van der Waals surface area contributed by atoms with Crippen LogP contribution in [0.5, 0.6) is 5.75 Å². The second kappa shape index (κ2) is 7.84. The summed E-state index contributed by atoms with van der Waals surface area (Å²) in [5, 5.41) is 13.0. The van der Waals surface area contributed by atoms with Gasteiger partial charge in [0.1, 0.15) is 5.75 Å². The van der Waals surface area contributed by atoms with E-state index in [1.165, 1.54) is 11.1 Å². The molecule has 2 N–H and O–H groups in total. The Labute approximate surface area is 127 Å². The molecule has 0 spiro atoms. The molecule has 2 rings (SSSR count). The topological polar surface area (TPSA) is 32.3 Å². The van der Waals surface area contributed by atoms with E-state index in [2.05, 4.69) is 49.5 Å². The van der Waals surface area contributed by atoms with Crippen LogP contribution in [0.1, 0.15) is 30.9 Å². The fourth-order valence-electron chi connectivity index (χ4n) is 2.50. The van der Waals surface area contributed by atoms with Gasteiger partial charge in [-0.3, -0.25) is 0 Å². The Morgan fingerprint density at radius 3 is 2.19 bits per heavy atom. The minimum atomic E-state index is 0.327. The van der Waals surface area contributed by atoms with Gasteiger partial charge in [0.15, 0.2) is 0 Å². The van der Waals surface area contributed by atoms with E-state index in [9.17, 15) is 5.11 Å². The first-order valence-corrected chi connectivity index (χ1v) is 7.68. The molecule has 1 unspecified atom stereocenters. The van der Waals surface area contributed by atoms with Crippen LogP contribution >= 0.6 is 0 Å². The maximum atomic E-state index is 9.40.